The highest BCUT2D eigenvalue weighted by Gasteiger charge is 2.32. The number of amides is 1. The molecule has 1 saturated carbocycles. The minimum absolute atomic E-state index is 0.0260. The smallest absolute Gasteiger partial charge is 0.252 e. The second kappa shape index (κ2) is 4.80. The Morgan fingerprint density at radius 3 is 2.94 bits per heavy atom. The molecule has 1 aromatic carbocycles. The highest BCUT2D eigenvalue weighted by Crippen LogP contribution is 2.36. The molecule has 0 heterocycles. The molecule has 16 heavy (non-hydrogen) atoms. The summed E-state index contributed by atoms with van der Waals surface area (Å²) in [5.41, 5.74) is 0.654. The number of nitrogens with one attached hydrogen (secondary N) is 1. The van der Waals surface area contributed by atoms with Gasteiger partial charge in [0, 0.05) is 15.9 Å². The summed E-state index contributed by atoms with van der Waals surface area (Å²) in [6, 6.07) is 5.47. The molecule has 2 unspecified atom stereocenters. The zero-order chi connectivity index (χ0) is 11.7. The Balaban J connectivity index is 1.99. The lowest BCUT2D eigenvalue weighted by atomic mass is 10.2. The second-order valence-corrected chi connectivity index (χ2v) is 5.72. The predicted molar refractivity (Wildman–Crippen MR) is 71.0 cm³/mol. The van der Waals surface area contributed by atoms with Crippen LogP contribution in [0.25, 0.3) is 0 Å². The van der Waals surface area contributed by atoms with Crippen molar-refractivity contribution in [3.63, 3.8) is 0 Å². The van der Waals surface area contributed by atoms with Crippen LogP contribution in [0.5, 0.6) is 0 Å². The van der Waals surface area contributed by atoms with Gasteiger partial charge < -0.3 is 5.32 Å². The van der Waals surface area contributed by atoms with Gasteiger partial charge in [0.1, 0.15) is 0 Å². The number of hydrogen-bond donors (Lipinski definition) is 2. The van der Waals surface area contributed by atoms with Crippen LogP contribution in [-0.4, -0.2) is 12.5 Å². The summed E-state index contributed by atoms with van der Waals surface area (Å²) in [6.45, 7) is 2.99. The highest BCUT2D eigenvalue weighted by atomic mass is 79.9. The van der Waals surface area contributed by atoms with Crippen molar-refractivity contribution in [1.82, 2.24) is 5.32 Å². The van der Waals surface area contributed by atoms with Gasteiger partial charge in [-0.25, -0.2) is 0 Å². The molecule has 4 heteroatoms. The van der Waals surface area contributed by atoms with Gasteiger partial charge in [0.25, 0.3) is 5.91 Å². The fourth-order valence-electron chi connectivity index (χ4n) is 1.69. The minimum atomic E-state index is -0.0260. The molecule has 86 valence electrons. The molecule has 1 aliphatic rings. The zero-order valence-electron chi connectivity index (χ0n) is 9.03. The Morgan fingerprint density at radius 1 is 1.62 bits per heavy atom. The molecule has 0 aliphatic heterocycles. The standard InChI is InChI=1S/C12H14BrNOS/c1-7-4-8(7)6-14-12(15)10-5-9(16)2-3-11(10)13/h2-3,5,7-8,16H,4,6H2,1H3,(H,14,15). The van der Waals surface area contributed by atoms with Crippen LogP contribution < -0.4 is 5.32 Å². The molecule has 1 amide bonds. The van der Waals surface area contributed by atoms with E-state index < -0.39 is 0 Å². The lowest BCUT2D eigenvalue weighted by Crippen LogP contribution is -2.26. The maximum atomic E-state index is 11.9. The third-order valence-electron chi connectivity index (χ3n) is 3.00. The fourth-order valence-corrected chi connectivity index (χ4v) is 2.32. The number of rotatable bonds is 3. The fraction of sp³-hybridized carbons (Fsp3) is 0.417. The highest BCUT2D eigenvalue weighted by molar-refractivity contribution is 9.10. The van der Waals surface area contributed by atoms with Crippen LogP contribution in [0, 0.1) is 11.8 Å². The average molecular weight is 300 g/mol. The number of carbonyl (C=O) groups excluding carboxylic acids is 1. The van der Waals surface area contributed by atoms with Crippen molar-refractivity contribution in [3.05, 3.63) is 28.2 Å². The molecule has 1 aliphatic carbocycles. The Hall–Kier alpha value is -0.480. The van der Waals surface area contributed by atoms with Crippen molar-refractivity contribution in [1.29, 1.82) is 0 Å². The van der Waals surface area contributed by atoms with Gasteiger partial charge in [0.2, 0.25) is 0 Å². The molecule has 2 atom stereocenters. The van der Waals surface area contributed by atoms with E-state index in [1.807, 2.05) is 12.1 Å². The largest absolute Gasteiger partial charge is 0.352 e. The van der Waals surface area contributed by atoms with Gasteiger partial charge in [0.15, 0.2) is 0 Å². The van der Waals surface area contributed by atoms with Gasteiger partial charge >= 0.3 is 0 Å². The molecule has 0 radical (unpaired) electrons. The van der Waals surface area contributed by atoms with Gasteiger partial charge in [-0.05, 0) is 52.4 Å². The van der Waals surface area contributed by atoms with Crippen LogP contribution in [-0.2, 0) is 0 Å². The molecular weight excluding hydrogens is 286 g/mol. The molecule has 1 N–H and O–H groups in total. The summed E-state index contributed by atoms with van der Waals surface area (Å²) in [4.78, 5) is 12.7. The summed E-state index contributed by atoms with van der Waals surface area (Å²) in [5.74, 6) is 1.41. The molecule has 0 aromatic heterocycles. The van der Waals surface area contributed by atoms with E-state index >= 15 is 0 Å². The molecule has 0 spiro atoms. The van der Waals surface area contributed by atoms with E-state index in [4.69, 9.17) is 0 Å². The first-order valence-corrected chi connectivity index (χ1v) is 6.58. The topological polar surface area (TPSA) is 29.1 Å². The Kier molecular flexibility index (Phi) is 3.60. The predicted octanol–water partition coefficient (Wildman–Crippen LogP) is 3.12. The lowest BCUT2D eigenvalue weighted by molar-refractivity contribution is 0.0950. The third-order valence-corrected chi connectivity index (χ3v) is 3.97. The van der Waals surface area contributed by atoms with Crippen molar-refractivity contribution >= 4 is 34.5 Å². The summed E-state index contributed by atoms with van der Waals surface area (Å²) in [5, 5.41) is 2.96. The van der Waals surface area contributed by atoms with E-state index in [0.717, 1.165) is 21.8 Å². The zero-order valence-corrected chi connectivity index (χ0v) is 11.5. The van der Waals surface area contributed by atoms with Crippen LogP contribution in [0.1, 0.15) is 23.7 Å². The SMILES string of the molecule is CC1CC1CNC(=O)c1cc(S)ccc1Br. The number of thiol groups is 1. The maximum absolute atomic E-state index is 11.9. The van der Waals surface area contributed by atoms with E-state index in [2.05, 4.69) is 40.8 Å². The van der Waals surface area contributed by atoms with Crippen molar-refractivity contribution in [3.8, 4) is 0 Å². The molecule has 0 bridgehead atoms. The minimum Gasteiger partial charge on any atom is -0.352 e. The summed E-state index contributed by atoms with van der Waals surface area (Å²) >= 11 is 7.60. The van der Waals surface area contributed by atoms with E-state index in [0.29, 0.717) is 11.5 Å². The number of hydrogen-bond acceptors (Lipinski definition) is 2. The van der Waals surface area contributed by atoms with Crippen LogP contribution in [0.3, 0.4) is 0 Å². The van der Waals surface area contributed by atoms with Crippen LogP contribution >= 0.6 is 28.6 Å². The van der Waals surface area contributed by atoms with Crippen LogP contribution in [0.15, 0.2) is 27.6 Å². The van der Waals surface area contributed by atoms with E-state index in [9.17, 15) is 4.79 Å². The van der Waals surface area contributed by atoms with E-state index in [1.165, 1.54) is 6.42 Å². The average Bonchev–Trinajstić information content (AvgIpc) is 2.95. The summed E-state index contributed by atoms with van der Waals surface area (Å²) in [6.07, 6.45) is 1.23. The Labute approximate surface area is 109 Å². The van der Waals surface area contributed by atoms with E-state index in [1.54, 1.807) is 6.07 Å². The number of carbonyl (C=O) groups is 1. The normalized spacial score (nSPS) is 22.9. The molecule has 1 aromatic rings. The Bertz CT molecular complexity index is 421. The van der Waals surface area contributed by atoms with Crippen molar-refractivity contribution < 1.29 is 4.79 Å². The molecule has 2 rings (SSSR count). The van der Waals surface area contributed by atoms with Gasteiger partial charge in [-0.15, -0.1) is 12.6 Å². The first kappa shape index (κ1) is 12.0. The Morgan fingerprint density at radius 2 is 2.31 bits per heavy atom. The van der Waals surface area contributed by atoms with Gasteiger partial charge in [-0.2, -0.15) is 0 Å². The molecule has 1 fully saturated rings. The van der Waals surface area contributed by atoms with Crippen molar-refractivity contribution in [2.24, 2.45) is 11.8 Å². The quantitative estimate of drug-likeness (QED) is 0.825. The van der Waals surface area contributed by atoms with Crippen LogP contribution in [0.2, 0.25) is 0 Å². The number of benzene rings is 1. The third kappa shape index (κ3) is 2.80. The summed E-state index contributed by atoms with van der Waals surface area (Å²) < 4.78 is 0.812. The first-order valence-electron chi connectivity index (χ1n) is 5.34. The van der Waals surface area contributed by atoms with Gasteiger partial charge in [-0.3, -0.25) is 4.79 Å². The van der Waals surface area contributed by atoms with Crippen molar-refractivity contribution in [2.45, 2.75) is 18.2 Å². The number of halogens is 1. The first-order chi connectivity index (χ1) is 7.58. The monoisotopic (exact) mass is 299 g/mol. The van der Waals surface area contributed by atoms with Gasteiger partial charge in [-0.1, -0.05) is 6.92 Å². The maximum Gasteiger partial charge on any atom is 0.252 e. The lowest BCUT2D eigenvalue weighted by Gasteiger charge is -2.07. The van der Waals surface area contributed by atoms with Crippen molar-refractivity contribution in [2.75, 3.05) is 6.54 Å². The molecular formula is C12H14BrNOS. The molecule has 2 nitrogen and oxygen atoms in total. The van der Waals surface area contributed by atoms with Gasteiger partial charge in [0.05, 0.1) is 5.56 Å². The second-order valence-electron chi connectivity index (χ2n) is 4.35. The van der Waals surface area contributed by atoms with Crippen LogP contribution in [0.4, 0.5) is 0 Å². The summed E-state index contributed by atoms with van der Waals surface area (Å²) in [7, 11) is 0. The molecule has 0 saturated heterocycles. The van der Waals surface area contributed by atoms with E-state index in [-0.39, 0.29) is 5.91 Å².